The number of likely N-dealkylation sites (N-methyl/N-ethyl adjacent to an activating group) is 1. The largest absolute Gasteiger partial charge is 0.453 e. The van der Waals surface area contributed by atoms with Gasteiger partial charge in [0, 0.05) is 32.5 Å². The molecule has 0 unspecified atom stereocenters. The van der Waals surface area contributed by atoms with E-state index in [-0.39, 0.29) is 30.6 Å². The summed E-state index contributed by atoms with van der Waals surface area (Å²) in [5, 5.41) is 17.6. The molecule has 0 spiro atoms. The minimum absolute atomic E-state index is 0.0179. The summed E-state index contributed by atoms with van der Waals surface area (Å²) >= 11 is 0. The van der Waals surface area contributed by atoms with E-state index in [4.69, 9.17) is 9.47 Å². The van der Waals surface area contributed by atoms with E-state index in [0.717, 1.165) is 5.69 Å². The Morgan fingerprint density at radius 1 is 1.54 bits per heavy atom. The van der Waals surface area contributed by atoms with Gasteiger partial charge in [0.05, 0.1) is 50.9 Å². The SMILES string of the molecule is COC(=O)N(C)C[C@H]1OCc2cnnn2CCCC(=O)N([C@@H](C)CO)C[C@@H]1C. The highest BCUT2D eigenvalue weighted by atomic mass is 16.5. The molecule has 3 atom stereocenters. The summed E-state index contributed by atoms with van der Waals surface area (Å²) in [5.41, 5.74) is 0.825. The van der Waals surface area contributed by atoms with E-state index < -0.39 is 6.09 Å². The summed E-state index contributed by atoms with van der Waals surface area (Å²) < 4.78 is 12.6. The minimum Gasteiger partial charge on any atom is -0.453 e. The van der Waals surface area contributed by atoms with Gasteiger partial charge in [-0.25, -0.2) is 9.48 Å². The van der Waals surface area contributed by atoms with Crippen LogP contribution in [0.25, 0.3) is 0 Å². The number of hydrogen-bond acceptors (Lipinski definition) is 7. The van der Waals surface area contributed by atoms with Crippen molar-refractivity contribution in [2.75, 3.05) is 33.9 Å². The van der Waals surface area contributed by atoms with Gasteiger partial charge in [0.15, 0.2) is 0 Å². The summed E-state index contributed by atoms with van der Waals surface area (Å²) in [6.45, 7) is 5.29. The van der Waals surface area contributed by atoms with Crippen LogP contribution in [-0.4, -0.2) is 87.9 Å². The van der Waals surface area contributed by atoms with Gasteiger partial charge in [0.25, 0.3) is 0 Å². The molecule has 1 aromatic rings. The third kappa shape index (κ3) is 5.65. The van der Waals surface area contributed by atoms with E-state index in [1.165, 1.54) is 12.0 Å². The first kappa shape index (κ1) is 22.1. The second-order valence-electron chi connectivity index (χ2n) is 7.31. The fourth-order valence-corrected chi connectivity index (χ4v) is 3.25. The van der Waals surface area contributed by atoms with Gasteiger partial charge in [-0.15, -0.1) is 5.10 Å². The van der Waals surface area contributed by atoms with Crippen LogP contribution >= 0.6 is 0 Å². The third-order valence-electron chi connectivity index (χ3n) is 5.08. The Hall–Kier alpha value is -2.20. The summed E-state index contributed by atoms with van der Waals surface area (Å²) in [6, 6.07) is -0.293. The number of hydrogen-bond donors (Lipinski definition) is 1. The van der Waals surface area contributed by atoms with Crippen molar-refractivity contribution < 1.29 is 24.2 Å². The molecule has 0 aromatic carbocycles. The highest BCUT2D eigenvalue weighted by Crippen LogP contribution is 2.18. The summed E-state index contributed by atoms with van der Waals surface area (Å²) in [6.07, 6.45) is 1.86. The lowest BCUT2D eigenvalue weighted by atomic mass is 10.0. The number of aromatic nitrogens is 3. The van der Waals surface area contributed by atoms with Crippen LogP contribution in [0.1, 0.15) is 32.4 Å². The number of methoxy groups -OCH3 is 1. The lowest BCUT2D eigenvalue weighted by Crippen LogP contribution is -2.47. The number of rotatable bonds is 4. The van der Waals surface area contributed by atoms with E-state index in [1.807, 2.05) is 13.8 Å². The monoisotopic (exact) mass is 397 g/mol. The highest BCUT2D eigenvalue weighted by molar-refractivity contribution is 5.76. The zero-order valence-corrected chi connectivity index (χ0v) is 17.1. The van der Waals surface area contributed by atoms with Gasteiger partial charge < -0.3 is 24.4 Å². The predicted octanol–water partition coefficient (Wildman–Crippen LogP) is 0.501. The molecule has 28 heavy (non-hydrogen) atoms. The molecule has 10 heteroatoms. The van der Waals surface area contributed by atoms with Crippen LogP contribution in [0.4, 0.5) is 4.79 Å². The van der Waals surface area contributed by atoms with Crippen LogP contribution in [0.5, 0.6) is 0 Å². The number of carbonyl (C=O) groups is 2. The molecule has 10 nitrogen and oxygen atoms in total. The summed E-state index contributed by atoms with van der Waals surface area (Å²) in [5.74, 6) is -0.0930. The maximum absolute atomic E-state index is 12.8. The smallest absolute Gasteiger partial charge is 0.409 e. The highest BCUT2D eigenvalue weighted by Gasteiger charge is 2.29. The van der Waals surface area contributed by atoms with E-state index in [2.05, 4.69) is 10.3 Å². The van der Waals surface area contributed by atoms with Crippen LogP contribution in [0.15, 0.2) is 6.20 Å². The van der Waals surface area contributed by atoms with Gasteiger partial charge in [0.1, 0.15) is 0 Å². The Balaban J connectivity index is 2.25. The van der Waals surface area contributed by atoms with E-state index in [0.29, 0.717) is 39.1 Å². The average molecular weight is 397 g/mol. The summed E-state index contributed by atoms with van der Waals surface area (Å²) in [4.78, 5) is 27.7. The Morgan fingerprint density at radius 2 is 2.29 bits per heavy atom. The molecule has 2 amide bonds. The normalized spacial score (nSPS) is 22.6. The molecule has 158 valence electrons. The first-order chi connectivity index (χ1) is 13.4. The molecule has 2 rings (SSSR count). The Kier molecular flexibility index (Phi) is 8.18. The van der Waals surface area contributed by atoms with Crippen LogP contribution in [0.2, 0.25) is 0 Å². The molecule has 0 fully saturated rings. The van der Waals surface area contributed by atoms with Crippen molar-refractivity contribution in [3.63, 3.8) is 0 Å². The van der Waals surface area contributed by atoms with Crippen LogP contribution in [0.3, 0.4) is 0 Å². The second kappa shape index (κ2) is 10.4. The Labute approximate surface area is 165 Å². The first-order valence-electron chi connectivity index (χ1n) is 9.55. The number of aliphatic hydroxyl groups is 1. The topological polar surface area (TPSA) is 110 Å². The molecule has 1 N–H and O–H groups in total. The third-order valence-corrected chi connectivity index (χ3v) is 5.08. The first-order valence-corrected chi connectivity index (χ1v) is 9.55. The Morgan fingerprint density at radius 3 is 2.96 bits per heavy atom. The van der Waals surface area contributed by atoms with Crippen molar-refractivity contribution >= 4 is 12.0 Å². The number of nitrogens with zero attached hydrogens (tertiary/aromatic N) is 5. The van der Waals surface area contributed by atoms with Crippen molar-refractivity contribution in [2.24, 2.45) is 5.92 Å². The van der Waals surface area contributed by atoms with Crippen LogP contribution in [-0.2, 0) is 27.4 Å². The fraction of sp³-hybridized carbons (Fsp3) is 0.778. The number of aliphatic hydroxyl groups excluding tert-OH is 1. The lowest BCUT2D eigenvalue weighted by Gasteiger charge is -2.35. The molecule has 2 heterocycles. The average Bonchev–Trinajstić information content (AvgIpc) is 3.13. The van der Waals surface area contributed by atoms with Crippen molar-refractivity contribution in [3.8, 4) is 0 Å². The Bertz CT molecular complexity index is 652. The quantitative estimate of drug-likeness (QED) is 0.788. The molecule has 0 bridgehead atoms. The number of aryl methyl sites for hydroxylation is 1. The van der Waals surface area contributed by atoms with Gasteiger partial charge in [-0.05, 0) is 13.3 Å². The zero-order valence-electron chi connectivity index (χ0n) is 17.1. The van der Waals surface area contributed by atoms with Crippen molar-refractivity contribution in [1.29, 1.82) is 0 Å². The van der Waals surface area contributed by atoms with Gasteiger partial charge in [-0.2, -0.15) is 0 Å². The second-order valence-corrected chi connectivity index (χ2v) is 7.31. The molecule has 1 aromatic heterocycles. The van der Waals surface area contributed by atoms with Gasteiger partial charge in [-0.3, -0.25) is 4.79 Å². The van der Waals surface area contributed by atoms with Crippen LogP contribution < -0.4 is 0 Å². The standard InChI is InChI=1S/C18H31N5O5/c1-13-9-22(14(2)11-24)17(25)6-5-7-23-15(8-19-20-23)12-28-16(13)10-21(3)18(26)27-4/h8,13-14,16,24H,5-7,9-12H2,1-4H3/t13-,14-,16+/m0/s1. The number of carbonyl (C=O) groups excluding carboxylic acids is 2. The van der Waals surface area contributed by atoms with Gasteiger partial charge in [-0.1, -0.05) is 12.1 Å². The number of amides is 2. The van der Waals surface area contributed by atoms with Crippen molar-refractivity contribution in [2.45, 2.75) is 52.0 Å². The maximum atomic E-state index is 12.8. The van der Waals surface area contributed by atoms with Crippen molar-refractivity contribution in [3.05, 3.63) is 11.9 Å². The van der Waals surface area contributed by atoms with Gasteiger partial charge in [0.2, 0.25) is 5.91 Å². The molecular formula is C18H31N5O5. The molecule has 0 aliphatic carbocycles. The molecule has 0 saturated carbocycles. The summed E-state index contributed by atoms with van der Waals surface area (Å²) in [7, 11) is 2.97. The van der Waals surface area contributed by atoms with Gasteiger partial charge >= 0.3 is 6.09 Å². The minimum atomic E-state index is -0.453. The number of fused-ring (bicyclic) bond motifs is 1. The molecule has 0 saturated heterocycles. The fourth-order valence-electron chi connectivity index (χ4n) is 3.25. The molecular weight excluding hydrogens is 366 g/mol. The predicted molar refractivity (Wildman–Crippen MR) is 100 cm³/mol. The lowest BCUT2D eigenvalue weighted by molar-refractivity contribution is -0.136. The van der Waals surface area contributed by atoms with E-state index in [9.17, 15) is 14.7 Å². The van der Waals surface area contributed by atoms with E-state index in [1.54, 1.807) is 22.8 Å². The van der Waals surface area contributed by atoms with E-state index >= 15 is 0 Å². The van der Waals surface area contributed by atoms with Crippen LogP contribution in [0, 0.1) is 5.92 Å². The zero-order chi connectivity index (χ0) is 20.7. The van der Waals surface area contributed by atoms with Crippen molar-refractivity contribution in [1.82, 2.24) is 24.8 Å². The maximum Gasteiger partial charge on any atom is 0.409 e. The molecule has 0 radical (unpaired) electrons. The molecule has 1 aliphatic rings. The number of ether oxygens (including phenoxy) is 2. The molecule has 1 aliphatic heterocycles.